The van der Waals surface area contributed by atoms with Crippen LogP contribution in [0.15, 0.2) is 42.6 Å². The maximum atomic E-state index is 4.13. The zero-order chi connectivity index (χ0) is 17.2. The molecule has 3 nitrogen and oxygen atoms in total. The minimum atomic E-state index is 0.753. The lowest BCUT2D eigenvalue weighted by Gasteiger charge is -2.33. The van der Waals surface area contributed by atoms with E-state index in [1.807, 2.05) is 6.20 Å². The molecule has 0 aliphatic carbocycles. The van der Waals surface area contributed by atoms with E-state index in [9.17, 15) is 0 Å². The Morgan fingerprint density at radius 1 is 1.20 bits per heavy atom. The first-order valence-electron chi connectivity index (χ1n) is 9.38. The second-order valence-corrected chi connectivity index (χ2v) is 7.60. The number of likely N-dealkylation sites (tertiary alicyclic amines) is 1. The Morgan fingerprint density at radius 2 is 2.12 bits per heavy atom. The summed E-state index contributed by atoms with van der Waals surface area (Å²) in [6, 6.07) is 13.4. The summed E-state index contributed by atoms with van der Waals surface area (Å²) in [6.07, 6.45) is 5.74. The number of rotatable bonds is 4. The highest BCUT2D eigenvalue weighted by atomic mass is 15.1. The van der Waals surface area contributed by atoms with Gasteiger partial charge in [0.15, 0.2) is 0 Å². The van der Waals surface area contributed by atoms with Crippen molar-refractivity contribution in [3.63, 3.8) is 0 Å². The number of hydrogen-bond acceptors (Lipinski definition) is 2. The Kier molecular flexibility index (Phi) is 4.58. The maximum absolute atomic E-state index is 4.13. The number of piperidine rings is 1. The molecule has 0 amide bonds. The predicted molar refractivity (Wildman–Crippen MR) is 104 cm³/mol. The first-order chi connectivity index (χ1) is 12.2. The largest absolute Gasteiger partial charge is 0.299 e. The third-order valence-corrected chi connectivity index (χ3v) is 5.74. The molecule has 0 spiro atoms. The van der Waals surface area contributed by atoms with Crippen LogP contribution in [0, 0.1) is 19.8 Å². The lowest BCUT2D eigenvalue weighted by molar-refractivity contribution is 0.167. The van der Waals surface area contributed by atoms with E-state index in [-0.39, 0.29) is 0 Å². The van der Waals surface area contributed by atoms with Crippen LogP contribution in [0.5, 0.6) is 0 Å². The van der Waals surface area contributed by atoms with Crippen LogP contribution in [0.3, 0.4) is 0 Å². The van der Waals surface area contributed by atoms with Crippen molar-refractivity contribution < 1.29 is 0 Å². The Morgan fingerprint density at radius 3 is 3.04 bits per heavy atom. The van der Waals surface area contributed by atoms with E-state index >= 15 is 0 Å². The second kappa shape index (κ2) is 7.01. The molecule has 3 aromatic rings. The van der Waals surface area contributed by atoms with Gasteiger partial charge in [-0.05, 0) is 80.0 Å². The summed E-state index contributed by atoms with van der Waals surface area (Å²) in [7, 11) is 0. The Bertz CT molecular complexity index is 865. The van der Waals surface area contributed by atoms with E-state index in [0.717, 1.165) is 18.0 Å². The van der Waals surface area contributed by atoms with Gasteiger partial charge in [-0.25, -0.2) is 0 Å². The Labute approximate surface area is 150 Å². The molecule has 1 fully saturated rings. The van der Waals surface area contributed by atoms with Crippen molar-refractivity contribution in [1.29, 1.82) is 0 Å². The average Bonchev–Trinajstić information content (AvgIpc) is 3.07. The summed E-state index contributed by atoms with van der Waals surface area (Å²) in [5.41, 5.74) is 6.91. The van der Waals surface area contributed by atoms with Gasteiger partial charge in [0.05, 0.1) is 11.7 Å². The zero-order valence-corrected chi connectivity index (χ0v) is 15.3. The van der Waals surface area contributed by atoms with Crippen LogP contribution >= 0.6 is 0 Å². The highest BCUT2D eigenvalue weighted by Crippen LogP contribution is 2.25. The third-order valence-electron chi connectivity index (χ3n) is 5.74. The van der Waals surface area contributed by atoms with Crippen LogP contribution in [0.1, 0.15) is 35.1 Å². The van der Waals surface area contributed by atoms with Crippen LogP contribution in [-0.2, 0) is 13.0 Å². The molecule has 0 radical (unpaired) electrons. The van der Waals surface area contributed by atoms with Gasteiger partial charge >= 0.3 is 0 Å². The van der Waals surface area contributed by atoms with Gasteiger partial charge in [-0.2, -0.15) is 5.10 Å². The predicted octanol–water partition coefficient (Wildman–Crippen LogP) is 4.63. The number of nitrogens with zero attached hydrogens (tertiary/aromatic N) is 2. The smallest absolute Gasteiger partial charge is 0.0650 e. The summed E-state index contributed by atoms with van der Waals surface area (Å²) in [6.45, 7) is 7.99. The summed E-state index contributed by atoms with van der Waals surface area (Å²) < 4.78 is 0. The third kappa shape index (κ3) is 3.62. The number of H-pyrrole nitrogens is 1. The Balaban J connectivity index is 1.42. The van der Waals surface area contributed by atoms with E-state index in [2.05, 4.69) is 65.3 Å². The molecule has 2 aromatic carbocycles. The van der Waals surface area contributed by atoms with Gasteiger partial charge in [0, 0.05) is 18.5 Å². The molecule has 0 unspecified atom stereocenters. The van der Waals surface area contributed by atoms with Crippen molar-refractivity contribution >= 4 is 10.9 Å². The van der Waals surface area contributed by atoms with Crippen LogP contribution < -0.4 is 0 Å². The monoisotopic (exact) mass is 333 g/mol. The summed E-state index contributed by atoms with van der Waals surface area (Å²) in [5, 5.41) is 8.39. The van der Waals surface area contributed by atoms with Crippen molar-refractivity contribution in [2.75, 3.05) is 13.1 Å². The molecule has 0 bridgehead atoms. The minimum Gasteiger partial charge on any atom is -0.299 e. The van der Waals surface area contributed by atoms with Crippen LogP contribution in [0.4, 0.5) is 0 Å². The fourth-order valence-electron chi connectivity index (χ4n) is 4.14. The number of aromatic nitrogens is 2. The van der Waals surface area contributed by atoms with Gasteiger partial charge in [0.2, 0.25) is 0 Å². The Hall–Kier alpha value is -2.13. The molecule has 1 aliphatic rings. The molecule has 2 heterocycles. The fourth-order valence-corrected chi connectivity index (χ4v) is 4.14. The molecule has 25 heavy (non-hydrogen) atoms. The summed E-state index contributed by atoms with van der Waals surface area (Å²) >= 11 is 0. The standard InChI is InChI=1S/C22H27N3/c1-16-5-3-7-20(17(16)2)15-25-10-4-6-19(14-25)11-18-8-9-22-21(12-18)13-23-24-22/h3,5,7-9,12-13,19H,4,6,10-11,14-15H2,1-2H3,(H,23,24)/t19-/m0/s1. The summed E-state index contributed by atoms with van der Waals surface area (Å²) in [4.78, 5) is 2.65. The molecule has 1 N–H and O–H groups in total. The first-order valence-corrected chi connectivity index (χ1v) is 9.38. The van der Waals surface area contributed by atoms with Gasteiger partial charge in [-0.3, -0.25) is 10.00 Å². The van der Waals surface area contributed by atoms with Gasteiger partial charge in [0.1, 0.15) is 0 Å². The number of fused-ring (bicyclic) bond motifs is 1. The fraction of sp³-hybridized carbons (Fsp3) is 0.409. The van der Waals surface area contributed by atoms with Crippen LogP contribution in [0.2, 0.25) is 0 Å². The number of aryl methyl sites for hydroxylation is 1. The highest BCUT2D eigenvalue weighted by molar-refractivity contribution is 5.78. The van der Waals surface area contributed by atoms with Gasteiger partial charge < -0.3 is 0 Å². The van der Waals surface area contributed by atoms with Crippen molar-refractivity contribution in [2.45, 2.75) is 39.7 Å². The molecule has 0 saturated carbocycles. The van der Waals surface area contributed by atoms with E-state index in [4.69, 9.17) is 0 Å². The molecule has 130 valence electrons. The van der Waals surface area contributed by atoms with Gasteiger partial charge in [-0.1, -0.05) is 24.3 Å². The molecule has 1 aliphatic heterocycles. The number of hydrogen-bond donors (Lipinski definition) is 1. The van der Waals surface area contributed by atoms with Crippen molar-refractivity contribution in [2.24, 2.45) is 5.92 Å². The highest BCUT2D eigenvalue weighted by Gasteiger charge is 2.21. The lowest BCUT2D eigenvalue weighted by Crippen LogP contribution is -2.35. The minimum absolute atomic E-state index is 0.753. The van der Waals surface area contributed by atoms with E-state index in [1.54, 1.807) is 0 Å². The van der Waals surface area contributed by atoms with E-state index < -0.39 is 0 Å². The number of aromatic amines is 1. The lowest BCUT2D eigenvalue weighted by atomic mass is 9.90. The summed E-state index contributed by atoms with van der Waals surface area (Å²) in [5.74, 6) is 0.753. The zero-order valence-electron chi connectivity index (χ0n) is 15.3. The normalized spacial score (nSPS) is 18.7. The van der Waals surface area contributed by atoms with Crippen molar-refractivity contribution in [1.82, 2.24) is 15.1 Å². The molecule has 4 rings (SSSR count). The molecule has 1 atom stereocenters. The maximum Gasteiger partial charge on any atom is 0.0650 e. The molecule has 1 aromatic heterocycles. The van der Waals surface area contributed by atoms with Gasteiger partial charge in [-0.15, -0.1) is 0 Å². The number of nitrogens with one attached hydrogen (secondary N) is 1. The first kappa shape index (κ1) is 16.3. The van der Waals surface area contributed by atoms with Gasteiger partial charge in [0.25, 0.3) is 0 Å². The van der Waals surface area contributed by atoms with E-state index in [0.29, 0.717) is 0 Å². The van der Waals surface area contributed by atoms with Crippen molar-refractivity contribution in [3.8, 4) is 0 Å². The SMILES string of the molecule is Cc1cccc(CN2CCC[C@@H](Cc3ccc4[nH]ncc4c3)C2)c1C. The molecular weight excluding hydrogens is 306 g/mol. The average molecular weight is 333 g/mol. The van der Waals surface area contributed by atoms with Crippen LogP contribution in [-0.4, -0.2) is 28.2 Å². The molecular formula is C22H27N3. The number of benzene rings is 2. The van der Waals surface area contributed by atoms with Crippen LogP contribution in [0.25, 0.3) is 10.9 Å². The van der Waals surface area contributed by atoms with Crippen molar-refractivity contribution in [3.05, 3.63) is 64.8 Å². The van der Waals surface area contributed by atoms with E-state index in [1.165, 1.54) is 60.0 Å². The molecule has 3 heteroatoms. The topological polar surface area (TPSA) is 31.9 Å². The quantitative estimate of drug-likeness (QED) is 0.754. The molecule has 1 saturated heterocycles. The second-order valence-electron chi connectivity index (χ2n) is 7.60.